The number of aromatic hydroxyl groups is 1. The quantitative estimate of drug-likeness (QED) is 0.738. The van der Waals surface area contributed by atoms with Gasteiger partial charge in [0.2, 0.25) is 0 Å². The summed E-state index contributed by atoms with van der Waals surface area (Å²) in [5, 5.41) is 10.4. The van der Waals surface area contributed by atoms with Crippen LogP contribution < -0.4 is 15.0 Å². The number of ether oxygens (including phenoxy) is 4. The number of methoxy groups -OCH3 is 2. The standard InChI is InChI=1S/C19H21NO7.C2H6/c1-4-27-19(23)16-17(21)12-9-26-10-13(12)20(18(16)22)8-11-5-6-14(24-2)15(7-11)25-3;1-2/h5-7,21H,4,8-10H2,1-3H3;1-2H3. The zero-order chi connectivity index (χ0) is 21.6. The molecule has 8 nitrogen and oxygen atoms in total. The molecule has 1 N–H and O–H groups in total. The summed E-state index contributed by atoms with van der Waals surface area (Å²) in [7, 11) is 3.07. The summed E-state index contributed by atoms with van der Waals surface area (Å²) in [5.74, 6) is -0.120. The van der Waals surface area contributed by atoms with Gasteiger partial charge in [0.1, 0.15) is 5.75 Å². The minimum atomic E-state index is -0.851. The zero-order valence-corrected chi connectivity index (χ0v) is 17.4. The van der Waals surface area contributed by atoms with Crippen LogP contribution in [0.1, 0.15) is 48.0 Å². The number of nitrogens with zero attached hydrogens (tertiary/aromatic N) is 1. The smallest absolute Gasteiger partial charge is 0.347 e. The van der Waals surface area contributed by atoms with E-state index in [9.17, 15) is 14.7 Å². The highest BCUT2D eigenvalue weighted by molar-refractivity contribution is 5.92. The molecule has 1 aromatic carbocycles. The fourth-order valence-corrected chi connectivity index (χ4v) is 3.09. The Labute approximate surface area is 169 Å². The number of hydrogen-bond donors (Lipinski definition) is 1. The molecule has 0 amide bonds. The third kappa shape index (κ3) is 4.37. The lowest BCUT2D eigenvalue weighted by Crippen LogP contribution is -2.30. The number of hydrogen-bond acceptors (Lipinski definition) is 7. The molecule has 1 aliphatic heterocycles. The van der Waals surface area contributed by atoms with E-state index in [4.69, 9.17) is 18.9 Å². The van der Waals surface area contributed by atoms with Crippen LogP contribution in [0.4, 0.5) is 0 Å². The molecule has 1 aromatic heterocycles. The molecule has 29 heavy (non-hydrogen) atoms. The lowest BCUT2D eigenvalue weighted by molar-refractivity contribution is 0.0519. The third-order valence-corrected chi connectivity index (χ3v) is 4.41. The van der Waals surface area contributed by atoms with Gasteiger partial charge in [-0.15, -0.1) is 0 Å². The van der Waals surface area contributed by atoms with E-state index >= 15 is 0 Å². The van der Waals surface area contributed by atoms with E-state index in [2.05, 4.69) is 0 Å². The first-order valence-corrected chi connectivity index (χ1v) is 9.45. The highest BCUT2D eigenvalue weighted by Crippen LogP contribution is 2.32. The summed E-state index contributed by atoms with van der Waals surface area (Å²) in [6, 6.07) is 5.29. The molecule has 0 saturated heterocycles. The Morgan fingerprint density at radius 3 is 2.48 bits per heavy atom. The summed E-state index contributed by atoms with van der Waals surface area (Å²) in [5.41, 5.74) is 0.745. The maximum Gasteiger partial charge on any atom is 0.347 e. The van der Waals surface area contributed by atoms with Gasteiger partial charge in [-0.05, 0) is 24.6 Å². The maximum atomic E-state index is 12.9. The van der Waals surface area contributed by atoms with Crippen molar-refractivity contribution < 1.29 is 28.8 Å². The Kier molecular flexibility index (Phi) is 7.67. The van der Waals surface area contributed by atoms with Crippen molar-refractivity contribution in [2.75, 3.05) is 20.8 Å². The van der Waals surface area contributed by atoms with Crippen molar-refractivity contribution in [3.05, 3.63) is 50.9 Å². The zero-order valence-electron chi connectivity index (χ0n) is 17.4. The van der Waals surface area contributed by atoms with E-state index < -0.39 is 11.5 Å². The number of benzene rings is 1. The van der Waals surface area contributed by atoms with Crippen molar-refractivity contribution in [2.45, 2.75) is 40.5 Å². The van der Waals surface area contributed by atoms with Gasteiger partial charge in [0.25, 0.3) is 5.56 Å². The van der Waals surface area contributed by atoms with Crippen LogP contribution in [-0.2, 0) is 29.2 Å². The maximum absolute atomic E-state index is 12.9. The second kappa shape index (κ2) is 9.97. The topological polar surface area (TPSA) is 96.2 Å². The fraction of sp³-hybridized carbons (Fsp3) is 0.429. The van der Waals surface area contributed by atoms with Gasteiger partial charge in [-0.2, -0.15) is 0 Å². The predicted octanol–water partition coefficient (Wildman–Crippen LogP) is 2.85. The number of fused-ring (bicyclic) bond motifs is 1. The summed E-state index contributed by atoms with van der Waals surface area (Å²) in [4.78, 5) is 25.1. The molecule has 0 aliphatic carbocycles. The number of aromatic nitrogens is 1. The van der Waals surface area contributed by atoms with Crippen LogP contribution >= 0.6 is 0 Å². The summed E-state index contributed by atoms with van der Waals surface area (Å²) < 4.78 is 22.3. The van der Waals surface area contributed by atoms with E-state index in [1.165, 1.54) is 18.8 Å². The minimum absolute atomic E-state index is 0.0982. The van der Waals surface area contributed by atoms with Crippen molar-refractivity contribution in [3.63, 3.8) is 0 Å². The van der Waals surface area contributed by atoms with Crippen molar-refractivity contribution in [1.29, 1.82) is 0 Å². The predicted molar refractivity (Wildman–Crippen MR) is 107 cm³/mol. The molecule has 1 aliphatic rings. The molecule has 0 unspecified atom stereocenters. The molecule has 0 fully saturated rings. The number of rotatable bonds is 6. The minimum Gasteiger partial charge on any atom is -0.506 e. The van der Waals surface area contributed by atoms with Gasteiger partial charge in [-0.3, -0.25) is 4.79 Å². The van der Waals surface area contributed by atoms with Crippen LogP contribution in [0, 0.1) is 0 Å². The van der Waals surface area contributed by atoms with Gasteiger partial charge in [-0.25, -0.2) is 4.79 Å². The Morgan fingerprint density at radius 1 is 1.17 bits per heavy atom. The molecule has 8 heteroatoms. The van der Waals surface area contributed by atoms with Gasteiger partial charge in [0.15, 0.2) is 17.1 Å². The first-order valence-electron chi connectivity index (χ1n) is 9.45. The van der Waals surface area contributed by atoms with E-state index in [1.54, 1.807) is 25.1 Å². The van der Waals surface area contributed by atoms with E-state index in [1.807, 2.05) is 13.8 Å². The summed E-state index contributed by atoms with van der Waals surface area (Å²) in [6.07, 6.45) is 0. The van der Waals surface area contributed by atoms with Gasteiger partial charge in [0, 0.05) is 5.56 Å². The average molecular weight is 405 g/mol. The van der Waals surface area contributed by atoms with Crippen molar-refractivity contribution in [3.8, 4) is 17.2 Å². The average Bonchev–Trinajstić information content (AvgIpc) is 3.23. The molecule has 0 saturated carbocycles. The molecule has 0 spiro atoms. The first-order chi connectivity index (χ1) is 14.0. The number of carbonyl (C=O) groups is 1. The molecule has 2 heterocycles. The van der Waals surface area contributed by atoms with Crippen molar-refractivity contribution in [1.82, 2.24) is 4.57 Å². The van der Waals surface area contributed by atoms with Crippen LogP contribution in [-0.4, -0.2) is 36.5 Å². The lowest BCUT2D eigenvalue weighted by Gasteiger charge is -2.16. The highest BCUT2D eigenvalue weighted by Gasteiger charge is 2.29. The number of pyridine rings is 1. The third-order valence-electron chi connectivity index (χ3n) is 4.41. The normalized spacial score (nSPS) is 11.9. The van der Waals surface area contributed by atoms with Gasteiger partial charge in [-0.1, -0.05) is 19.9 Å². The second-order valence-corrected chi connectivity index (χ2v) is 5.94. The Morgan fingerprint density at radius 2 is 1.86 bits per heavy atom. The van der Waals surface area contributed by atoms with Crippen LogP contribution in [0.5, 0.6) is 17.2 Å². The number of esters is 1. The Hall–Kier alpha value is -3.00. The molecule has 0 atom stereocenters. The summed E-state index contributed by atoms with van der Waals surface area (Å²) >= 11 is 0. The lowest BCUT2D eigenvalue weighted by atomic mass is 10.1. The van der Waals surface area contributed by atoms with Crippen LogP contribution in [0.25, 0.3) is 0 Å². The molecule has 158 valence electrons. The van der Waals surface area contributed by atoms with Gasteiger partial charge < -0.3 is 28.6 Å². The van der Waals surface area contributed by atoms with Gasteiger partial charge in [0.05, 0.1) is 46.3 Å². The Balaban J connectivity index is 0.00000145. The fourth-order valence-electron chi connectivity index (χ4n) is 3.09. The molecule has 0 radical (unpaired) electrons. The van der Waals surface area contributed by atoms with Crippen molar-refractivity contribution in [2.24, 2.45) is 0 Å². The number of carbonyl (C=O) groups excluding carboxylic acids is 1. The van der Waals surface area contributed by atoms with Crippen LogP contribution in [0.15, 0.2) is 23.0 Å². The molecule has 0 bridgehead atoms. The summed E-state index contributed by atoms with van der Waals surface area (Å²) in [6.45, 7) is 6.21. The van der Waals surface area contributed by atoms with E-state index in [0.29, 0.717) is 22.8 Å². The van der Waals surface area contributed by atoms with E-state index in [-0.39, 0.29) is 37.7 Å². The largest absolute Gasteiger partial charge is 0.506 e. The molecular formula is C21H27NO7. The van der Waals surface area contributed by atoms with E-state index in [0.717, 1.165) is 5.56 Å². The molecular weight excluding hydrogens is 378 g/mol. The SMILES string of the molecule is CC.CCOC(=O)c1c(O)c2c(n(Cc3ccc(OC)c(OC)c3)c1=O)COC2. The van der Waals surface area contributed by atoms with Crippen molar-refractivity contribution >= 4 is 5.97 Å². The Bertz CT molecular complexity index is 934. The molecule has 2 aromatic rings. The first kappa shape index (κ1) is 22.3. The highest BCUT2D eigenvalue weighted by atomic mass is 16.5. The second-order valence-electron chi connectivity index (χ2n) is 5.94. The monoisotopic (exact) mass is 405 g/mol. The molecule has 3 rings (SSSR count). The van der Waals surface area contributed by atoms with Gasteiger partial charge >= 0.3 is 5.97 Å². The van der Waals surface area contributed by atoms with Crippen LogP contribution in [0.3, 0.4) is 0 Å². The van der Waals surface area contributed by atoms with Crippen LogP contribution in [0.2, 0.25) is 0 Å².